The van der Waals surface area contributed by atoms with E-state index < -0.39 is 10.8 Å². The summed E-state index contributed by atoms with van der Waals surface area (Å²) in [6.07, 6.45) is 0.439. The number of carbonyl (C=O) groups excluding carboxylic acids is 2. The van der Waals surface area contributed by atoms with E-state index in [2.05, 4.69) is 11.4 Å². The Morgan fingerprint density at radius 2 is 1.77 bits per heavy atom. The van der Waals surface area contributed by atoms with E-state index in [4.69, 9.17) is 0 Å². The molecule has 3 aromatic rings. The Hall–Kier alpha value is -4.05. The highest BCUT2D eigenvalue weighted by molar-refractivity contribution is 5.96. The standard InChI is InChI=1S/C23H19N3O4/c24-15-21(20-11-3-7-16-6-1-2-10-19(16)20)22(27)12-5-13-23(28)25-17-8-4-9-18(14-17)26(29)30/h1-4,6-11,14,21H,5,12-13H2,(H,25,28)/t21-/m0/s1. The minimum absolute atomic E-state index is 0.0715. The van der Waals surface area contributed by atoms with Crippen molar-refractivity contribution in [2.75, 3.05) is 5.32 Å². The van der Waals surface area contributed by atoms with Crippen LogP contribution in [-0.2, 0) is 9.59 Å². The van der Waals surface area contributed by atoms with Gasteiger partial charge in [0.05, 0.1) is 11.0 Å². The average molecular weight is 401 g/mol. The minimum atomic E-state index is -0.893. The molecule has 1 amide bonds. The zero-order valence-electron chi connectivity index (χ0n) is 16.1. The molecular weight excluding hydrogens is 382 g/mol. The molecule has 0 unspecified atom stereocenters. The number of nitro benzene ring substituents is 1. The smallest absolute Gasteiger partial charge is 0.271 e. The van der Waals surface area contributed by atoms with Crippen molar-refractivity contribution >= 4 is 33.8 Å². The fraction of sp³-hybridized carbons (Fsp3) is 0.174. The van der Waals surface area contributed by atoms with Crippen LogP contribution in [-0.4, -0.2) is 16.6 Å². The summed E-state index contributed by atoms with van der Waals surface area (Å²) >= 11 is 0. The molecule has 0 fully saturated rings. The number of hydrogen-bond donors (Lipinski definition) is 1. The average Bonchev–Trinajstić information content (AvgIpc) is 2.74. The number of nitriles is 1. The predicted octanol–water partition coefficient (Wildman–Crippen LogP) is 4.73. The molecule has 0 bridgehead atoms. The molecule has 30 heavy (non-hydrogen) atoms. The van der Waals surface area contributed by atoms with Gasteiger partial charge >= 0.3 is 0 Å². The van der Waals surface area contributed by atoms with E-state index in [0.29, 0.717) is 11.3 Å². The molecule has 7 nitrogen and oxygen atoms in total. The van der Waals surface area contributed by atoms with Crippen molar-refractivity contribution in [1.82, 2.24) is 0 Å². The van der Waals surface area contributed by atoms with Crippen molar-refractivity contribution in [3.63, 3.8) is 0 Å². The van der Waals surface area contributed by atoms with Gasteiger partial charge in [0.1, 0.15) is 5.92 Å². The molecular formula is C23H19N3O4. The highest BCUT2D eigenvalue weighted by Gasteiger charge is 2.22. The first-order valence-corrected chi connectivity index (χ1v) is 9.44. The lowest BCUT2D eigenvalue weighted by Gasteiger charge is -2.12. The van der Waals surface area contributed by atoms with Gasteiger partial charge in [-0.25, -0.2) is 0 Å². The predicted molar refractivity (Wildman–Crippen MR) is 113 cm³/mol. The highest BCUT2D eigenvalue weighted by Crippen LogP contribution is 2.27. The first kappa shape index (κ1) is 20.7. The Kier molecular flexibility index (Phi) is 6.50. The molecule has 0 aliphatic carbocycles. The number of non-ortho nitro benzene ring substituents is 1. The third kappa shape index (κ3) is 4.86. The van der Waals surface area contributed by atoms with Crippen molar-refractivity contribution < 1.29 is 14.5 Å². The maximum Gasteiger partial charge on any atom is 0.271 e. The summed E-state index contributed by atoms with van der Waals surface area (Å²) in [5.74, 6) is -1.48. The number of ketones is 1. The lowest BCUT2D eigenvalue weighted by molar-refractivity contribution is -0.384. The maximum absolute atomic E-state index is 12.6. The van der Waals surface area contributed by atoms with Gasteiger partial charge in [-0.1, -0.05) is 48.5 Å². The monoisotopic (exact) mass is 401 g/mol. The number of rotatable bonds is 8. The van der Waals surface area contributed by atoms with Crippen LogP contribution in [0.25, 0.3) is 10.8 Å². The van der Waals surface area contributed by atoms with Crippen LogP contribution >= 0.6 is 0 Å². The number of carbonyl (C=O) groups is 2. The zero-order valence-corrected chi connectivity index (χ0v) is 16.1. The van der Waals surface area contributed by atoms with Crippen LogP contribution < -0.4 is 5.32 Å². The van der Waals surface area contributed by atoms with Crippen LogP contribution in [0.4, 0.5) is 11.4 Å². The molecule has 0 saturated heterocycles. The summed E-state index contributed by atoms with van der Waals surface area (Å²) in [5.41, 5.74) is 0.878. The number of Topliss-reactive ketones (excluding diaryl/α,β-unsaturated/α-hetero) is 1. The molecule has 150 valence electrons. The number of anilines is 1. The largest absolute Gasteiger partial charge is 0.326 e. The molecule has 3 rings (SSSR count). The zero-order chi connectivity index (χ0) is 21.5. The van der Waals surface area contributed by atoms with Crippen molar-refractivity contribution in [3.8, 4) is 6.07 Å². The van der Waals surface area contributed by atoms with E-state index in [0.717, 1.165) is 10.8 Å². The van der Waals surface area contributed by atoms with Gasteiger partial charge in [-0.15, -0.1) is 0 Å². The Morgan fingerprint density at radius 1 is 1.03 bits per heavy atom. The van der Waals surface area contributed by atoms with Crippen LogP contribution in [0.15, 0.2) is 66.7 Å². The number of fused-ring (bicyclic) bond motifs is 1. The first-order valence-electron chi connectivity index (χ1n) is 9.44. The molecule has 0 aromatic heterocycles. The Labute approximate surface area is 173 Å². The van der Waals surface area contributed by atoms with Gasteiger partial charge in [-0.2, -0.15) is 5.26 Å². The van der Waals surface area contributed by atoms with E-state index in [1.165, 1.54) is 18.2 Å². The van der Waals surface area contributed by atoms with Crippen LogP contribution in [0.1, 0.15) is 30.7 Å². The van der Waals surface area contributed by atoms with Crippen molar-refractivity contribution in [2.24, 2.45) is 0 Å². The molecule has 0 heterocycles. The molecule has 3 aromatic carbocycles. The van der Waals surface area contributed by atoms with E-state index in [-0.39, 0.29) is 36.6 Å². The molecule has 0 aliphatic heterocycles. The number of nitrogens with zero attached hydrogens (tertiary/aromatic N) is 2. The van der Waals surface area contributed by atoms with Gasteiger partial charge in [0.2, 0.25) is 5.91 Å². The summed E-state index contributed by atoms with van der Waals surface area (Å²) in [6.45, 7) is 0. The maximum atomic E-state index is 12.6. The second-order valence-corrected chi connectivity index (χ2v) is 6.81. The molecule has 1 atom stereocenters. The molecule has 1 N–H and O–H groups in total. The quantitative estimate of drug-likeness (QED) is 0.433. The fourth-order valence-electron chi connectivity index (χ4n) is 3.31. The first-order chi connectivity index (χ1) is 14.5. The number of amides is 1. The molecule has 0 aliphatic rings. The van der Waals surface area contributed by atoms with Crippen molar-refractivity contribution in [3.05, 3.63) is 82.4 Å². The Balaban J connectivity index is 1.59. The van der Waals surface area contributed by atoms with E-state index in [9.17, 15) is 25.0 Å². The highest BCUT2D eigenvalue weighted by atomic mass is 16.6. The van der Waals surface area contributed by atoms with Crippen molar-refractivity contribution in [2.45, 2.75) is 25.2 Å². The molecule has 0 spiro atoms. The minimum Gasteiger partial charge on any atom is -0.326 e. The van der Waals surface area contributed by atoms with Gasteiger partial charge < -0.3 is 5.32 Å². The SMILES string of the molecule is N#C[C@H](C(=O)CCCC(=O)Nc1cccc([N+](=O)[O-])c1)c1cccc2ccccc12. The third-order valence-electron chi connectivity index (χ3n) is 4.75. The van der Waals surface area contributed by atoms with Crippen LogP contribution in [0, 0.1) is 21.4 Å². The summed E-state index contributed by atoms with van der Waals surface area (Å²) in [5, 5.41) is 24.8. The van der Waals surface area contributed by atoms with Gasteiger partial charge in [0.25, 0.3) is 5.69 Å². The van der Waals surface area contributed by atoms with E-state index in [1.54, 1.807) is 12.1 Å². The normalized spacial score (nSPS) is 11.4. The van der Waals surface area contributed by atoms with Gasteiger partial charge in [0, 0.05) is 30.7 Å². The summed E-state index contributed by atoms with van der Waals surface area (Å²) in [6, 6.07) is 20.8. The van der Waals surface area contributed by atoms with Crippen molar-refractivity contribution in [1.29, 1.82) is 5.26 Å². The van der Waals surface area contributed by atoms with E-state index >= 15 is 0 Å². The topological polar surface area (TPSA) is 113 Å². The third-order valence-corrected chi connectivity index (χ3v) is 4.75. The summed E-state index contributed by atoms with van der Waals surface area (Å²) in [7, 11) is 0. The number of hydrogen-bond acceptors (Lipinski definition) is 5. The Morgan fingerprint density at radius 3 is 2.53 bits per heavy atom. The van der Waals surface area contributed by atoms with Crippen LogP contribution in [0.3, 0.4) is 0 Å². The van der Waals surface area contributed by atoms with E-state index in [1.807, 2.05) is 36.4 Å². The lowest BCUT2D eigenvalue weighted by Crippen LogP contribution is -2.14. The van der Waals surface area contributed by atoms with Gasteiger partial charge in [-0.3, -0.25) is 19.7 Å². The second-order valence-electron chi connectivity index (χ2n) is 6.81. The number of nitro groups is 1. The number of nitrogens with one attached hydrogen (secondary N) is 1. The lowest BCUT2D eigenvalue weighted by atomic mass is 9.89. The van der Waals surface area contributed by atoms with Gasteiger partial charge in [0.15, 0.2) is 5.78 Å². The number of benzene rings is 3. The fourth-order valence-corrected chi connectivity index (χ4v) is 3.31. The summed E-state index contributed by atoms with van der Waals surface area (Å²) < 4.78 is 0. The molecule has 7 heteroatoms. The van der Waals surface area contributed by atoms with Crippen LogP contribution in [0.5, 0.6) is 0 Å². The second kappa shape index (κ2) is 9.43. The summed E-state index contributed by atoms with van der Waals surface area (Å²) in [4.78, 5) is 35.0. The Bertz CT molecular complexity index is 1150. The van der Waals surface area contributed by atoms with Crippen LogP contribution in [0.2, 0.25) is 0 Å². The molecule has 0 saturated carbocycles. The van der Waals surface area contributed by atoms with Gasteiger partial charge in [-0.05, 0) is 28.8 Å². The molecule has 0 radical (unpaired) electrons.